The summed E-state index contributed by atoms with van der Waals surface area (Å²) in [5.74, 6) is 0.657. The lowest BCUT2D eigenvalue weighted by atomic mass is 10.5. The summed E-state index contributed by atoms with van der Waals surface area (Å²) >= 11 is 3.31. The highest BCUT2D eigenvalue weighted by atomic mass is 79.9. The molecule has 54 valence electrons. The Morgan fingerprint density at radius 2 is 2.50 bits per heavy atom. The molecule has 0 unspecified atom stereocenters. The van der Waals surface area contributed by atoms with Crippen LogP contribution in [0.25, 0.3) is 0 Å². The molecule has 0 spiro atoms. The largest absolute Gasteiger partial charge is 0.477 e. The van der Waals surface area contributed by atoms with Crippen molar-refractivity contribution in [2.24, 2.45) is 0 Å². The molecule has 1 heterocycles. The van der Waals surface area contributed by atoms with E-state index in [9.17, 15) is 0 Å². The van der Waals surface area contributed by atoms with Gasteiger partial charge in [0.25, 0.3) is 0 Å². The highest BCUT2D eigenvalue weighted by Crippen LogP contribution is 2.20. The quantitative estimate of drug-likeness (QED) is 0.733. The first-order chi connectivity index (χ1) is 4.84. The van der Waals surface area contributed by atoms with Crippen LogP contribution in [0.3, 0.4) is 0 Å². The molecule has 0 aliphatic carbocycles. The van der Waals surface area contributed by atoms with Crippen LogP contribution >= 0.6 is 15.9 Å². The number of rotatable bonds is 2. The number of halogens is 1. The van der Waals surface area contributed by atoms with Gasteiger partial charge in [0.1, 0.15) is 0 Å². The third-order valence-electron chi connectivity index (χ3n) is 1.01. The van der Waals surface area contributed by atoms with E-state index in [-0.39, 0.29) is 0 Å². The normalized spacial score (nSPS) is 9.40. The highest BCUT2D eigenvalue weighted by molar-refractivity contribution is 9.10. The van der Waals surface area contributed by atoms with Crippen molar-refractivity contribution >= 4 is 15.9 Å². The molecule has 0 atom stereocenters. The fourth-order valence-electron chi connectivity index (χ4n) is 0.614. The molecule has 1 aromatic rings. The Bertz CT molecular complexity index is 215. The molecule has 0 saturated carbocycles. The predicted molar refractivity (Wildman–Crippen MR) is 43.1 cm³/mol. The standard InChI is InChI=1S/C7H8BrNO/c1-2-10-7-6(8)4-3-5-9-7/h3-5H,2H2,1H3. The molecule has 0 fully saturated rings. The van der Waals surface area contributed by atoms with E-state index in [1.807, 2.05) is 19.1 Å². The number of hydrogen-bond donors (Lipinski definition) is 0. The van der Waals surface area contributed by atoms with Gasteiger partial charge < -0.3 is 4.74 Å². The lowest BCUT2D eigenvalue weighted by molar-refractivity contribution is 0.324. The van der Waals surface area contributed by atoms with E-state index in [2.05, 4.69) is 20.9 Å². The molecule has 2 nitrogen and oxygen atoms in total. The van der Waals surface area contributed by atoms with Crippen molar-refractivity contribution in [2.45, 2.75) is 6.92 Å². The van der Waals surface area contributed by atoms with E-state index in [4.69, 9.17) is 4.74 Å². The number of pyridine rings is 1. The van der Waals surface area contributed by atoms with Crippen molar-refractivity contribution < 1.29 is 4.74 Å². The Labute approximate surface area is 68.4 Å². The minimum atomic E-state index is 0.648. The molecule has 0 aliphatic rings. The van der Waals surface area contributed by atoms with Crippen molar-refractivity contribution in [1.29, 1.82) is 0 Å². The molecule has 0 aromatic carbocycles. The first-order valence-electron chi connectivity index (χ1n) is 3.08. The SMILES string of the molecule is CCOc1ncccc1Br. The minimum Gasteiger partial charge on any atom is -0.477 e. The van der Waals surface area contributed by atoms with Crippen LogP contribution in [0.2, 0.25) is 0 Å². The molecule has 0 aliphatic heterocycles. The van der Waals surface area contributed by atoms with E-state index in [0.717, 1.165) is 4.47 Å². The highest BCUT2D eigenvalue weighted by Gasteiger charge is 1.97. The summed E-state index contributed by atoms with van der Waals surface area (Å²) in [6, 6.07) is 3.75. The molecular weight excluding hydrogens is 194 g/mol. The summed E-state index contributed by atoms with van der Waals surface area (Å²) in [6.07, 6.45) is 1.70. The second-order valence-electron chi connectivity index (χ2n) is 1.72. The van der Waals surface area contributed by atoms with Gasteiger partial charge in [-0.1, -0.05) is 0 Å². The zero-order valence-corrected chi connectivity index (χ0v) is 7.26. The number of nitrogens with zero attached hydrogens (tertiary/aromatic N) is 1. The second kappa shape index (κ2) is 3.56. The van der Waals surface area contributed by atoms with Crippen LogP contribution in [0.4, 0.5) is 0 Å². The summed E-state index contributed by atoms with van der Waals surface area (Å²) in [5, 5.41) is 0. The topological polar surface area (TPSA) is 22.1 Å². The fraction of sp³-hybridized carbons (Fsp3) is 0.286. The van der Waals surface area contributed by atoms with Crippen molar-refractivity contribution in [1.82, 2.24) is 4.98 Å². The average Bonchev–Trinajstić information content (AvgIpc) is 1.94. The van der Waals surface area contributed by atoms with Gasteiger partial charge in [-0.3, -0.25) is 0 Å². The van der Waals surface area contributed by atoms with Gasteiger partial charge in [-0.15, -0.1) is 0 Å². The second-order valence-corrected chi connectivity index (χ2v) is 2.58. The van der Waals surface area contributed by atoms with Crippen molar-refractivity contribution in [3.05, 3.63) is 22.8 Å². The predicted octanol–water partition coefficient (Wildman–Crippen LogP) is 2.24. The smallest absolute Gasteiger partial charge is 0.227 e. The number of hydrogen-bond acceptors (Lipinski definition) is 2. The molecule has 0 bridgehead atoms. The van der Waals surface area contributed by atoms with Gasteiger partial charge in [0.2, 0.25) is 5.88 Å². The Hall–Kier alpha value is -0.570. The van der Waals surface area contributed by atoms with Gasteiger partial charge >= 0.3 is 0 Å². The molecule has 0 N–H and O–H groups in total. The van der Waals surface area contributed by atoms with Crippen LogP contribution in [0.15, 0.2) is 22.8 Å². The Balaban J connectivity index is 2.81. The molecule has 10 heavy (non-hydrogen) atoms. The van der Waals surface area contributed by atoms with Crippen LogP contribution in [-0.4, -0.2) is 11.6 Å². The summed E-state index contributed by atoms with van der Waals surface area (Å²) < 4.78 is 6.08. The van der Waals surface area contributed by atoms with Crippen molar-refractivity contribution in [2.75, 3.05) is 6.61 Å². The summed E-state index contributed by atoms with van der Waals surface area (Å²) in [6.45, 7) is 2.58. The van der Waals surface area contributed by atoms with E-state index >= 15 is 0 Å². The maximum atomic E-state index is 5.18. The fourth-order valence-corrected chi connectivity index (χ4v) is 0.984. The van der Waals surface area contributed by atoms with Crippen LogP contribution in [0, 0.1) is 0 Å². The van der Waals surface area contributed by atoms with Crippen molar-refractivity contribution in [3.8, 4) is 5.88 Å². The van der Waals surface area contributed by atoms with Gasteiger partial charge in [-0.25, -0.2) is 4.98 Å². The van der Waals surface area contributed by atoms with Crippen LogP contribution in [0.1, 0.15) is 6.92 Å². The number of ether oxygens (including phenoxy) is 1. The monoisotopic (exact) mass is 201 g/mol. The van der Waals surface area contributed by atoms with Crippen LogP contribution in [0.5, 0.6) is 5.88 Å². The Kier molecular flexibility index (Phi) is 2.68. The Morgan fingerprint density at radius 1 is 1.70 bits per heavy atom. The van der Waals surface area contributed by atoms with E-state index in [0.29, 0.717) is 12.5 Å². The lowest BCUT2D eigenvalue weighted by Crippen LogP contribution is -1.93. The molecular formula is C7H8BrNO. The summed E-state index contributed by atoms with van der Waals surface area (Å²) in [5.41, 5.74) is 0. The molecule has 1 aromatic heterocycles. The van der Waals surface area contributed by atoms with Crippen LogP contribution in [-0.2, 0) is 0 Å². The maximum absolute atomic E-state index is 5.18. The van der Waals surface area contributed by atoms with Crippen molar-refractivity contribution in [3.63, 3.8) is 0 Å². The first-order valence-corrected chi connectivity index (χ1v) is 3.87. The molecule has 1 rings (SSSR count). The third kappa shape index (κ3) is 1.70. The lowest BCUT2D eigenvalue weighted by Gasteiger charge is -2.01. The van der Waals surface area contributed by atoms with E-state index in [1.165, 1.54) is 0 Å². The molecule has 0 saturated heterocycles. The van der Waals surface area contributed by atoms with Gasteiger partial charge in [0, 0.05) is 6.20 Å². The average molecular weight is 202 g/mol. The van der Waals surface area contributed by atoms with Gasteiger partial charge in [-0.2, -0.15) is 0 Å². The zero-order valence-electron chi connectivity index (χ0n) is 5.67. The van der Waals surface area contributed by atoms with Gasteiger partial charge in [-0.05, 0) is 35.0 Å². The first kappa shape index (κ1) is 7.54. The summed E-state index contributed by atoms with van der Waals surface area (Å²) in [7, 11) is 0. The summed E-state index contributed by atoms with van der Waals surface area (Å²) in [4.78, 5) is 4.00. The maximum Gasteiger partial charge on any atom is 0.227 e. The van der Waals surface area contributed by atoms with Crippen LogP contribution < -0.4 is 4.74 Å². The Morgan fingerprint density at radius 3 is 3.10 bits per heavy atom. The minimum absolute atomic E-state index is 0.648. The third-order valence-corrected chi connectivity index (χ3v) is 1.61. The number of aromatic nitrogens is 1. The van der Waals surface area contributed by atoms with Gasteiger partial charge in [0.05, 0.1) is 11.1 Å². The van der Waals surface area contributed by atoms with E-state index in [1.54, 1.807) is 6.20 Å². The molecule has 0 radical (unpaired) electrons. The molecule has 0 amide bonds. The van der Waals surface area contributed by atoms with E-state index < -0.39 is 0 Å². The van der Waals surface area contributed by atoms with Gasteiger partial charge in [0.15, 0.2) is 0 Å². The molecule has 3 heteroatoms. The zero-order chi connectivity index (χ0) is 7.40.